The summed E-state index contributed by atoms with van der Waals surface area (Å²) in [5, 5.41) is 52.0. The number of nitrogens with two attached hydrogens (primary N) is 2. The van der Waals surface area contributed by atoms with Gasteiger partial charge in [-0.2, -0.15) is 0 Å². The van der Waals surface area contributed by atoms with E-state index >= 15 is 9.59 Å². The molecule has 23 heteroatoms. The average molecular weight is 1020 g/mol. The Hall–Kier alpha value is -6.01. The summed E-state index contributed by atoms with van der Waals surface area (Å²) in [6.07, 6.45) is -13.7. The number of esters is 4. The van der Waals surface area contributed by atoms with E-state index in [1.165, 1.54) is 39.8 Å². The first-order valence-electron chi connectivity index (χ1n) is 23.8. The Morgan fingerprint density at radius 2 is 1.60 bits per heavy atom. The number of carboxylic acids is 1. The molecule has 13 atom stereocenters. The van der Waals surface area contributed by atoms with Gasteiger partial charge < -0.3 is 70.9 Å². The molecular weight excluding hydrogens is 949 g/mol. The largest absolute Gasteiger partial charge is 0.481 e. The first-order valence-corrected chi connectivity index (χ1v) is 23.8. The quantitative estimate of drug-likeness (QED) is 0.0595. The maximum Gasteiger partial charge on any atom is 0.408 e. The molecular formula is C49H66N4O19. The molecule has 2 bridgehead atoms. The third kappa shape index (κ3) is 10.7. The fourth-order valence-corrected chi connectivity index (χ4v) is 10.9. The number of carbonyl (C=O) groups excluding carboxylic acids is 8. The van der Waals surface area contributed by atoms with Gasteiger partial charge in [0.15, 0.2) is 11.4 Å². The Kier molecular flexibility index (Phi) is 15.7. The van der Waals surface area contributed by atoms with Crippen LogP contribution in [0.15, 0.2) is 41.5 Å². The van der Waals surface area contributed by atoms with Crippen LogP contribution in [0.1, 0.15) is 111 Å². The van der Waals surface area contributed by atoms with Gasteiger partial charge in [0, 0.05) is 31.6 Å². The van der Waals surface area contributed by atoms with Crippen molar-refractivity contribution in [3.8, 4) is 0 Å². The Bertz CT molecular complexity index is 2380. The van der Waals surface area contributed by atoms with Crippen LogP contribution < -0.4 is 22.1 Å². The second-order valence-corrected chi connectivity index (χ2v) is 21.2. The molecule has 1 aromatic rings. The summed E-state index contributed by atoms with van der Waals surface area (Å²) in [6, 6.07) is 2.78. The molecule has 0 aromatic heterocycles. The highest BCUT2D eigenvalue weighted by molar-refractivity contribution is 5.95. The van der Waals surface area contributed by atoms with Crippen LogP contribution in [-0.2, 0) is 62.0 Å². The summed E-state index contributed by atoms with van der Waals surface area (Å²) in [4.78, 5) is 122. The van der Waals surface area contributed by atoms with Crippen molar-refractivity contribution in [3.63, 3.8) is 0 Å². The number of carboxylic acid groups (broad SMARTS) is 1. The average Bonchev–Trinajstić information content (AvgIpc) is 4.13. The Morgan fingerprint density at radius 1 is 0.958 bits per heavy atom. The number of hydrogen-bond donors (Lipinski definition) is 8. The molecule has 1 aliphatic heterocycles. The zero-order valence-corrected chi connectivity index (χ0v) is 41.5. The molecule has 1 heterocycles. The number of rotatable bonds is 17. The topological polar surface area (TPSA) is 366 Å². The van der Waals surface area contributed by atoms with Gasteiger partial charge in [-0.05, 0) is 83.1 Å². The molecule has 0 radical (unpaired) electrons. The molecule has 5 aliphatic rings. The molecule has 3 amide bonds. The number of Topliss-reactive ketones (excluding diaryl/α,β-unsaturated/α-hetero) is 1. The molecule has 396 valence electrons. The molecule has 4 aliphatic carbocycles. The van der Waals surface area contributed by atoms with Crippen LogP contribution in [0.4, 0.5) is 4.79 Å². The number of alkyl carbamates (subject to hydrolysis) is 1. The van der Waals surface area contributed by atoms with E-state index in [9.17, 15) is 48.9 Å². The van der Waals surface area contributed by atoms with Crippen molar-refractivity contribution >= 4 is 53.5 Å². The van der Waals surface area contributed by atoms with Crippen LogP contribution in [0.3, 0.4) is 0 Å². The van der Waals surface area contributed by atoms with Gasteiger partial charge in [-0.25, -0.2) is 19.2 Å². The summed E-state index contributed by atoms with van der Waals surface area (Å²) >= 11 is 0. The monoisotopic (exact) mass is 1010 g/mol. The first-order chi connectivity index (χ1) is 33.4. The minimum atomic E-state index is -2.53. The molecule has 1 unspecified atom stereocenters. The second-order valence-electron chi connectivity index (χ2n) is 21.2. The highest BCUT2D eigenvalue weighted by Crippen LogP contribution is 2.64. The van der Waals surface area contributed by atoms with E-state index < -0.39 is 167 Å². The van der Waals surface area contributed by atoms with Gasteiger partial charge in [0.2, 0.25) is 17.9 Å². The smallest absolute Gasteiger partial charge is 0.408 e. The van der Waals surface area contributed by atoms with Crippen molar-refractivity contribution in [3.05, 3.63) is 47.0 Å². The lowest BCUT2D eigenvalue weighted by molar-refractivity contribution is -0.346. The van der Waals surface area contributed by atoms with Crippen molar-refractivity contribution in [2.45, 2.75) is 172 Å². The number of ketones is 1. The van der Waals surface area contributed by atoms with E-state index in [1.807, 2.05) is 0 Å². The third-order valence-electron chi connectivity index (χ3n) is 14.8. The zero-order valence-electron chi connectivity index (χ0n) is 41.5. The molecule has 1 aromatic carbocycles. The Balaban J connectivity index is 1.48. The summed E-state index contributed by atoms with van der Waals surface area (Å²) < 4.78 is 35.7. The Labute approximate surface area is 414 Å². The predicted molar refractivity (Wildman–Crippen MR) is 245 cm³/mol. The number of amides is 3. The maximum atomic E-state index is 15.2. The number of primary amides is 1. The second kappa shape index (κ2) is 20.5. The van der Waals surface area contributed by atoms with E-state index in [-0.39, 0.29) is 36.2 Å². The minimum Gasteiger partial charge on any atom is -0.481 e. The molecule has 72 heavy (non-hydrogen) atoms. The van der Waals surface area contributed by atoms with Crippen molar-refractivity contribution in [1.29, 1.82) is 0 Å². The van der Waals surface area contributed by atoms with Crippen molar-refractivity contribution < 1.29 is 92.0 Å². The van der Waals surface area contributed by atoms with E-state index in [0.29, 0.717) is 12.8 Å². The summed E-state index contributed by atoms with van der Waals surface area (Å²) in [5.74, 6) is -11.4. The van der Waals surface area contributed by atoms with Crippen LogP contribution in [-0.4, -0.2) is 152 Å². The number of aliphatic carboxylic acids is 1. The lowest BCUT2D eigenvalue weighted by atomic mass is 9.44. The lowest BCUT2D eigenvalue weighted by Crippen LogP contribution is -2.81. The van der Waals surface area contributed by atoms with Gasteiger partial charge in [-0.3, -0.25) is 24.0 Å². The number of hydrogen-bond acceptors (Lipinski definition) is 19. The highest BCUT2D eigenvalue weighted by Gasteiger charge is 2.78. The molecule has 10 N–H and O–H groups in total. The number of benzene rings is 1. The molecule has 23 nitrogen and oxygen atoms in total. The number of carbonyl (C=O) groups is 9. The Morgan fingerprint density at radius 3 is 2.14 bits per heavy atom. The van der Waals surface area contributed by atoms with Crippen LogP contribution in [0.25, 0.3) is 0 Å². The van der Waals surface area contributed by atoms with Crippen LogP contribution in [0, 0.1) is 22.7 Å². The molecule has 4 fully saturated rings. The molecule has 3 saturated carbocycles. The van der Waals surface area contributed by atoms with Gasteiger partial charge in [0.05, 0.1) is 48.1 Å². The minimum absolute atomic E-state index is 0.000373. The van der Waals surface area contributed by atoms with Gasteiger partial charge in [-0.15, -0.1) is 0 Å². The summed E-state index contributed by atoms with van der Waals surface area (Å²) in [7, 11) is 0. The number of aliphatic hydroxyl groups excluding tert-OH is 2. The number of nitrogens with one attached hydrogen (secondary N) is 2. The lowest BCUT2D eigenvalue weighted by Gasteiger charge is -2.67. The van der Waals surface area contributed by atoms with Crippen LogP contribution in [0.2, 0.25) is 0 Å². The van der Waals surface area contributed by atoms with Gasteiger partial charge in [0.1, 0.15) is 41.7 Å². The maximum absolute atomic E-state index is 15.2. The van der Waals surface area contributed by atoms with Crippen molar-refractivity contribution in [2.75, 3.05) is 6.61 Å². The van der Waals surface area contributed by atoms with Gasteiger partial charge in [0.25, 0.3) is 0 Å². The van der Waals surface area contributed by atoms with Gasteiger partial charge in [-0.1, -0.05) is 32.0 Å². The first kappa shape index (κ1) is 55.3. The fourth-order valence-electron chi connectivity index (χ4n) is 10.9. The standard InChI is InChI=1S/C49H66N4O19/c1-22-28(68-43(64)36(34(24-14-15-24)53-44(65)72-45(3,4)5)69-42(63)27(18-31(51)56)52-40(61)26(50)16-17-32(57)58)20-49(66)39(70-41(62)25-12-10-9-11-13-25)37-47(8,38(60)35(59)33(22)46(49,6)7)29(55)19-30-48(37,21-67-30)71-23(2)54/h9-13,24,26-30,34-37,39,55,59,66H,14-21,50H2,1-8H3,(H2,51,56)(H,52,61)(H,53,65)(H,57,58)/t26-,27-,28-,29-,30+,34-,35+,36?,37-,39-,47+,48-,49+/m0/s1. The van der Waals surface area contributed by atoms with Gasteiger partial charge >= 0.3 is 35.9 Å². The van der Waals surface area contributed by atoms with E-state index in [1.54, 1.807) is 39.0 Å². The highest BCUT2D eigenvalue weighted by atomic mass is 16.6. The number of ether oxygens (including phenoxy) is 6. The summed E-state index contributed by atoms with van der Waals surface area (Å²) in [5.41, 5.74) is 1.79. The molecule has 0 spiro atoms. The third-order valence-corrected chi connectivity index (χ3v) is 14.8. The molecule has 1 saturated heterocycles. The van der Waals surface area contributed by atoms with Crippen LogP contribution >= 0.6 is 0 Å². The number of fused-ring (bicyclic) bond motifs is 5. The SMILES string of the molecule is CC(=O)O[C@@]12CO[C@@H]1C[C@H](O)[C@@]1(C)C(=O)[C@H](O)C3=C(C)[C@@H](OC(=O)C(OC(=O)[C@H](CC(N)=O)NC(=O)[C@@H](N)CCC(=O)O)[C@@H](NC(=O)OC(C)(C)C)C4CC4)C[C@@](O)([C@@H](OC(=O)c4ccccc4)[C@H]21)C3(C)C. The van der Waals surface area contributed by atoms with Crippen molar-refractivity contribution in [1.82, 2.24) is 10.6 Å². The van der Waals surface area contributed by atoms with E-state index in [4.69, 9.17) is 45.0 Å². The normalized spacial score (nSPS) is 31.1. The van der Waals surface area contributed by atoms with Crippen molar-refractivity contribution in [2.24, 2.45) is 34.1 Å². The van der Waals surface area contributed by atoms with Crippen LogP contribution in [0.5, 0.6) is 0 Å². The zero-order chi connectivity index (χ0) is 53.6. The number of aliphatic hydroxyl groups is 3. The van der Waals surface area contributed by atoms with E-state index in [2.05, 4.69) is 10.6 Å². The fraction of sp³-hybridized carbons (Fsp3) is 0.653. The predicted octanol–water partition coefficient (Wildman–Crippen LogP) is 0.400. The molecule has 6 rings (SSSR count). The van der Waals surface area contributed by atoms with E-state index in [0.717, 1.165) is 6.92 Å². The summed E-state index contributed by atoms with van der Waals surface area (Å²) in [6.45, 7) is 11.1.